The van der Waals surface area contributed by atoms with Crippen LogP contribution in [0.5, 0.6) is 0 Å². The molecule has 1 saturated carbocycles. The van der Waals surface area contributed by atoms with Crippen LogP contribution in [0.4, 0.5) is 0 Å². The highest BCUT2D eigenvalue weighted by molar-refractivity contribution is 5.87. The maximum Gasteiger partial charge on any atom is 0.240 e. The molecule has 0 radical (unpaired) electrons. The molecule has 1 heterocycles. The van der Waals surface area contributed by atoms with Gasteiger partial charge >= 0.3 is 0 Å². The number of hydrogen-bond acceptors (Lipinski definition) is 3. The van der Waals surface area contributed by atoms with Crippen molar-refractivity contribution in [1.82, 2.24) is 4.90 Å². The number of nitrogens with zero attached hydrogens (tertiary/aromatic N) is 1. The first-order chi connectivity index (χ1) is 10.5. The molecule has 1 aromatic carbocycles. The van der Waals surface area contributed by atoms with Crippen molar-refractivity contribution >= 4 is 11.8 Å². The predicted molar refractivity (Wildman–Crippen MR) is 81.7 cm³/mol. The molecule has 118 valence electrons. The highest BCUT2D eigenvalue weighted by atomic mass is 16.3. The van der Waals surface area contributed by atoms with Gasteiger partial charge in [0.25, 0.3) is 0 Å². The van der Waals surface area contributed by atoms with E-state index in [0.29, 0.717) is 25.8 Å². The largest absolute Gasteiger partial charge is 0.389 e. The lowest BCUT2D eigenvalue weighted by molar-refractivity contribution is -0.144. The molecular weight excluding hydrogens is 280 g/mol. The molecule has 1 fully saturated rings. The molecule has 3 rings (SSSR count). The van der Waals surface area contributed by atoms with Gasteiger partial charge in [0.2, 0.25) is 11.8 Å². The fourth-order valence-electron chi connectivity index (χ4n) is 3.63. The number of carbonyl (C=O) groups is 2. The Balaban J connectivity index is 1.81. The number of amides is 2. The van der Waals surface area contributed by atoms with E-state index in [0.717, 1.165) is 24.0 Å². The first kappa shape index (κ1) is 15.0. The Morgan fingerprint density at radius 1 is 1.23 bits per heavy atom. The van der Waals surface area contributed by atoms with Crippen LogP contribution in [-0.4, -0.2) is 33.5 Å². The Kier molecular flexibility index (Phi) is 3.91. The standard InChI is InChI=1S/C17H22N2O3/c18-16(21)14-9-12-5-1-2-6-13(12)11-19(14)15(20)10-17(22)7-3-4-8-17/h1-2,5-6,14,22H,3-4,7-11H2,(H2,18,21)/t14-/m0/s1. The van der Waals surface area contributed by atoms with Crippen LogP contribution in [0, 0.1) is 0 Å². The Labute approximate surface area is 130 Å². The summed E-state index contributed by atoms with van der Waals surface area (Å²) in [6.07, 6.45) is 3.75. The maximum absolute atomic E-state index is 12.6. The van der Waals surface area contributed by atoms with Crippen molar-refractivity contribution in [3.63, 3.8) is 0 Å². The van der Waals surface area contributed by atoms with E-state index in [1.807, 2.05) is 24.3 Å². The smallest absolute Gasteiger partial charge is 0.240 e. The molecule has 22 heavy (non-hydrogen) atoms. The second-order valence-electron chi connectivity index (χ2n) is 6.52. The summed E-state index contributed by atoms with van der Waals surface area (Å²) in [4.78, 5) is 25.9. The minimum absolute atomic E-state index is 0.0823. The van der Waals surface area contributed by atoms with Gasteiger partial charge in [-0.05, 0) is 24.0 Å². The number of aliphatic hydroxyl groups is 1. The van der Waals surface area contributed by atoms with Crippen LogP contribution >= 0.6 is 0 Å². The zero-order valence-corrected chi connectivity index (χ0v) is 12.6. The predicted octanol–water partition coefficient (Wildman–Crippen LogP) is 1.12. The molecule has 5 heteroatoms. The lowest BCUT2D eigenvalue weighted by atomic mass is 9.91. The molecule has 0 spiro atoms. The average molecular weight is 302 g/mol. The summed E-state index contributed by atoms with van der Waals surface area (Å²) in [6, 6.07) is 7.17. The van der Waals surface area contributed by atoms with E-state index in [9.17, 15) is 14.7 Å². The Morgan fingerprint density at radius 2 is 1.86 bits per heavy atom. The van der Waals surface area contributed by atoms with Gasteiger partial charge in [-0.2, -0.15) is 0 Å². The summed E-state index contributed by atoms with van der Waals surface area (Å²) in [5, 5.41) is 10.4. The number of rotatable bonds is 3. The number of fused-ring (bicyclic) bond motifs is 1. The van der Waals surface area contributed by atoms with Crippen LogP contribution in [-0.2, 0) is 22.6 Å². The van der Waals surface area contributed by atoms with E-state index in [-0.39, 0.29) is 12.3 Å². The lowest BCUT2D eigenvalue weighted by Crippen LogP contribution is -2.52. The third-order valence-corrected chi connectivity index (χ3v) is 4.91. The van der Waals surface area contributed by atoms with Crippen molar-refractivity contribution in [1.29, 1.82) is 0 Å². The highest BCUT2D eigenvalue weighted by Gasteiger charge is 2.39. The normalized spacial score (nSPS) is 23.1. The molecule has 1 aliphatic carbocycles. The van der Waals surface area contributed by atoms with Crippen molar-refractivity contribution in [3.05, 3.63) is 35.4 Å². The van der Waals surface area contributed by atoms with Crippen molar-refractivity contribution in [3.8, 4) is 0 Å². The van der Waals surface area contributed by atoms with Crippen molar-refractivity contribution in [2.75, 3.05) is 0 Å². The molecule has 0 bridgehead atoms. The Bertz CT molecular complexity index is 593. The van der Waals surface area contributed by atoms with Crippen molar-refractivity contribution in [2.24, 2.45) is 5.73 Å². The van der Waals surface area contributed by atoms with E-state index < -0.39 is 17.6 Å². The van der Waals surface area contributed by atoms with Crippen LogP contribution in [0.3, 0.4) is 0 Å². The van der Waals surface area contributed by atoms with Crippen LogP contribution in [0.2, 0.25) is 0 Å². The van der Waals surface area contributed by atoms with Crippen LogP contribution in [0.1, 0.15) is 43.2 Å². The molecule has 0 aromatic heterocycles. The van der Waals surface area contributed by atoms with Crippen molar-refractivity contribution < 1.29 is 14.7 Å². The molecule has 1 aromatic rings. The maximum atomic E-state index is 12.6. The fourth-order valence-corrected chi connectivity index (χ4v) is 3.63. The quantitative estimate of drug-likeness (QED) is 0.877. The van der Waals surface area contributed by atoms with E-state index in [1.165, 1.54) is 0 Å². The molecule has 5 nitrogen and oxygen atoms in total. The zero-order chi connectivity index (χ0) is 15.7. The van der Waals surface area contributed by atoms with Gasteiger partial charge in [0, 0.05) is 13.0 Å². The molecule has 3 N–H and O–H groups in total. The third-order valence-electron chi connectivity index (χ3n) is 4.91. The number of hydrogen-bond donors (Lipinski definition) is 2. The molecule has 2 aliphatic rings. The minimum atomic E-state index is -0.907. The summed E-state index contributed by atoms with van der Waals surface area (Å²) < 4.78 is 0. The highest BCUT2D eigenvalue weighted by Crippen LogP contribution is 2.34. The summed E-state index contributed by atoms with van der Waals surface area (Å²) in [5.41, 5.74) is 6.70. The molecule has 1 aliphatic heterocycles. The number of carbonyl (C=O) groups excluding carboxylic acids is 2. The van der Waals surface area contributed by atoms with Crippen LogP contribution in [0.25, 0.3) is 0 Å². The first-order valence-corrected chi connectivity index (χ1v) is 7.86. The van der Waals surface area contributed by atoms with Gasteiger partial charge in [-0.15, -0.1) is 0 Å². The monoisotopic (exact) mass is 302 g/mol. The molecule has 0 saturated heterocycles. The zero-order valence-electron chi connectivity index (χ0n) is 12.6. The van der Waals surface area contributed by atoms with E-state index in [2.05, 4.69) is 0 Å². The number of primary amides is 1. The minimum Gasteiger partial charge on any atom is -0.389 e. The number of nitrogens with two attached hydrogens (primary N) is 1. The summed E-state index contributed by atoms with van der Waals surface area (Å²) in [7, 11) is 0. The van der Waals surface area contributed by atoms with Gasteiger partial charge in [0.05, 0.1) is 12.0 Å². The molecule has 2 amide bonds. The SMILES string of the molecule is NC(=O)[C@@H]1Cc2ccccc2CN1C(=O)CC1(O)CCCC1. The van der Waals surface area contributed by atoms with Gasteiger partial charge in [-0.1, -0.05) is 37.1 Å². The Hall–Kier alpha value is -1.88. The summed E-state index contributed by atoms with van der Waals surface area (Å²) in [6.45, 7) is 0.388. The van der Waals surface area contributed by atoms with Gasteiger partial charge < -0.3 is 15.7 Å². The van der Waals surface area contributed by atoms with E-state index in [4.69, 9.17) is 5.73 Å². The first-order valence-electron chi connectivity index (χ1n) is 7.86. The summed E-state index contributed by atoms with van der Waals surface area (Å²) in [5.74, 6) is -0.663. The summed E-state index contributed by atoms with van der Waals surface area (Å²) >= 11 is 0. The molecule has 1 atom stereocenters. The fraction of sp³-hybridized carbons (Fsp3) is 0.529. The van der Waals surface area contributed by atoms with E-state index in [1.54, 1.807) is 4.90 Å². The second kappa shape index (κ2) is 5.72. The lowest BCUT2D eigenvalue weighted by Gasteiger charge is -2.36. The number of benzene rings is 1. The van der Waals surface area contributed by atoms with Crippen LogP contribution < -0.4 is 5.73 Å². The van der Waals surface area contributed by atoms with Gasteiger partial charge in [-0.3, -0.25) is 9.59 Å². The topological polar surface area (TPSA) is 83.6 Å². The van der Waals surface area contributed by atoms with Crippen LogP contribution in [0.15, 0.2) is 24.3 Å². The Morgan fingerprint density at radius 3 is 2.50 bits per heavy atom. The second-order valence-corrected chi connectivity index (χ2v) is 6.52. The van der Waals surface area contributed by atoms with Crippen molar-refractivity contribution in [2.45, 2.75) is 56.7 Å². The van der Waals surface area contributed by atoms with E-state index >= 15 is 0 Å². The molecule has 0 unspecified atom stereocenters. The van der Waals surface area contributed by atoms with Gasteiger partial charge in [0.1, 0.15) is 6.04 Å². The molecular formula is C17H22N2O3. The van der Waals surface area contributed by atoms with Gasteiger partial charge in [0.15, 0.2) is 0 Å². The third kappa shape index (κ3) is 2.86. The van der Waals surface area contributed by atoms with Gasteiger partial charge in [-0.25, -0.2) is 0 Å². The average Bonchev–Trinajstić information content (AvgIpc) is 2.92.